The topological polar surface area (TPSA) is 66.4 Å². The molecule has 1 unspecified atom stereocenters. The van der Waals surface area contributed by atoms with E-state index < -0.39 is 16.1 Å². The molecular formula is C15H16BrNO3S. The van der Waals surface area contributed by atoms with Crippen LogP contribution in [-0.2, 0) is 10.0 Å². The second kappa shape index (κ2) is 6.17. The number of sulfonamides is 1. The van der Waals surface area contributed by atoms with Gasteiger partial charge in [0.1, 0.15) is 0 Å². The summed E-state index contributed by atoms with van der Waals surface area (Å²) in [6.07, 6.45) is -0.717. The number of anilines is 1. The van der Waals surface area contributed by atoms with Crippen LogP contribution in [0.25, 0.3) is 0 Å². The number of nitrogens with one attached hydrogen (secondary N) is 1. The lowest BCUT2D eigenvalue weighted by molar-refractivity contribution is 0.199. The van der Waals surface area contributed by atoms with E-state index in [1.165, 1.54) is 12.1 Å². The van der Waals surface area contributed by atoms with Crippen LogP contribution in [0.3, 0.4) is 0 Å². The lowest BCUT2D eigenvalue weighted by Crippen LogP contribution is -2.14. The smallest absolute Gasteiger partial charge is 0.261 e. The molecule has 2 rings (SSSR count). The number of aryl methyl sites for hydroxylation is 1. The summed E-state index contributed by atoms with van der Waals surface area (Å²) in [6.45, 7) is 3.48. The van der Waals surface area contributed by atoms with Crippen molar-refractivity contribution in [2.75, 3.05) is 4.72 Å². The summed E-state index contributed by atoms with van der Waals surface area (Å²) in [6, 6.07) is 11.7. The fourth-order valence-electron chi connectivity index (χ4n) is 1.86. The van der Waals surface area contributed by atoms with Gasteiger partial charge in [0.2, 0.25) is 0 Å². The summed E-state index contributed by atoms with van der Waals surface area (Å²) in [5, 5.41) is 9.56. The summed E-state index contributed by atoms with van der Waals surface area (Å²) in [5.74, 6) is 0. The Morgan fingerprint density at radius 1 is 1.19 bits per heavy atom. The number of hydrogen-bond acceptors (Lipinski definition) is 3. The molecular weight excluding hydrogens is 354 g/mol. The Morgan fingerprint density at radius 2 is 1.90 bits per heavy atom. The Kier molecular flexibility index (Phi) is 4.70. The van der Waals surface area contributed by atoms with Gasteiger partial charge in [0.25, 0.3) is 10.0 Å². The maximum atomic E-state index is 12.4. The molecule has 0 heterocycles. The lowest BCUT2D eigenvalue weighted by atomic mass is 10.1. The van der Waals surface area contributed by atoms with Crippen molar-refractivity contribution in [1.82, 2.24) is 0 Å². The minimum absolute atomic E-state index is 0.120. The van der Waals surface area contributed by atoms with Crippen molar-refractivity contribution in [2.24, 2.45) is 0 Å². The van der Waals surface area contributed by atoms with Gasteiger partial charge in [0.05, 0.1) is 16.7 Å². The van der Waals surface area contributed by atoms with Crippen molar-refractivity contribution in [3.8, 4) is 0 Å². The molecule has 6 heteroatoms. The van der Waals surface area contributed by atoms with E-state index in [2.05, 4.69) is 20.7 Å². The summed E-state index contributed by atoms with van der Waals surface area (Å²) in [7, 11) is -3.70. The molecule has 0 bridgehead atoms. The predicted molar refractivity (Wildman–Crippen MR) is 86.8 cm³/mol. The van der Waals surface area contributed by atoms with Crippen LogP contribution in [0.5, 0.6) is 0 Å². The molecule has 0 fully saturated rings. The lowest BCUT2D eigenvalue weighted by Gasteiger charge is -2.12. The first-order valence-corrected chi connectivity index (χ1v) is 8.64. The van der Waals surface area contributed by atoms with E-state index >= 15 is 0 Å². The van der Waals surface area contributed by atoms with E-state index in [9.17, 15) is 13.5 Å². The van der Waals surface area contributed by atoms with Crippen molar-refractivity contribution in [1.29, 1.82) is 0 Å². The first kappa shape index (κ1) is 16.0. The quantitative estimate of drug-likeness (QED) is 0.864. The molecule has 2 aromatic rings. The molecule has 112 valence electrons. The maximum absolute atomic E-state index is 12.4. The molecule has 2 N–H and O–H groups in total. The van der Waals surface area contributed by atoms with Gasteiger partial charge in [-0.3, -0.25) is 4.72 Å². The van der Waals surface area contributed by atoms with Crippen molar-refractivity contribution in [3.63, 3.8) is 0 Å². The number of hydrogen-bond donors (Lipinski definition) is 2. The molecule has 0 aliphatic rings. The molecule has 0 spiro atoms. The van der Waals surface area contributed by atoms with Gasteiger partial charge < -0.3 is 5.11 Å². The summed E-state index contributed by atoms with van der Waals surface area (Å²) >= 11 is 3.33. The molecule has 0 aliphatic heterocycles. The minimum atomic E-state index is -3.70. The second-order valence-corrected chi connectivity index (χ2v) is 7.37. The van der Waals surface area contributed by atoms with Gasteiger partial charge >= 0.3 is 0 Å². The number of benzene rings is 2. The fraction of sp³-hybridized carbons (Fsp3) is 0.200. The molecule has 0 amide bonds. The van der Waals surface area contributed by atoms with Gasteiger partial charge in [0.15, 0.2) is 0 Å². The zero-order valence-electron chi connectivity index (χ0n) is 11.7. The monoisotopic (exact) mass is 369 g/mol. The molecule has 2 aromatic carbocycles. The number of rotatable bonds is 4. The molecule has 1 atom stereocenters. The highest BCUT2D eigenvalue weighted by Gasteiger charge is 2.17. The first-order chi connectivity index (χ1) is 9.79. The predicted octanol–water partition coefficient (Wildman–Crippen LogP) is 3.61. The molecule has 21 heavy (non-hydrogen) atoms. The molecule has 0 radical (unpaired) electrons. The average molecular weight is 370 g/mol. The SMILES string of the molecule is Cc1ccc(Br)c(NS(=O)(=O)c2cccc(C(C)O)c2)c1. The molecule has 4 nitrogen and oxygen atoms in total. The Morgan fingerprint density at radius 3 is 2.57 bits per heavy atom. The zero-order valence-corrected chi connectivity index (χ0v) is 14.1. The third-order valence-corrected chi connectivity index (χ3v) is 5.07. The zero-order chi connectivity index (χ0) is 15.6. The van der Waals surface area contributed by atoms with Gasteiger partial charge in [-0.2, -0.15) is 0 Å². The van der Waals surface area contributed by atoms with E-state index in [0.717, 1.165) is 5.56 Å². The third kappa shape index (κ3) is 3.84. The Labute approximate surface area is 133 Å². The molecule has 0 aromatic heterocycles. The van der Waals surface area contributed by atoms with Gasteiger partial charge in [0, 0.05) is 4.47 Å². The van der Waals surface area contributed by atoms with E-state index in [4.69, 9.17) is 0 Å². The largest absolute Gasteiger partial charge is 0.389 e. The van der Waals surface area contributed by atoms with Crippen molar-refractivity contribution in [3.05, 3.63) is 58.1 Å². The van der Waals surface area contributed by atoms with Crippen LogP contribution < -0.4 is 4.72 Å². The van der Waals surface area contributed by atoms with E-state index in [1.54, 1.807) is 31.2 Å². The highest BCUT2D eigenvalue weighted by molar-refractivity contribution is 9.10. The van der Waals surface area contributed by atoms with Crippen molar-refractivity contribution in [2.45, 2.75) is 24.8 Å². The van der Waals surface area contributed by atoms with Gasteiger partial charge in [-0.05, 0) is 65.2 Å². The molecule has 0 saturated carbocycles. The van der Waals surface area contributed by atoms with Crippen LogP contribution in [0.4, 0.5) is 5.69 Å². The van der Waals surface area contributed by atoms with Crippen LogP contribution >= 0.6 is 15.9 Å². The fourth-order valence-corrected chi connectivity index (χ4v) is 3.46. The van der Waals surface area contributed by atoms with Gasteiger partial charge in [-0.25, -0.2) is 8.42 Å². The summed E-state index contributed by atoms with van der Waals surface area (Å²) in [4.78, 5) is 0.120. The van der Waals surface area contributed by atoms with Crippen LogP contribution in [0, 0.1) is 6.92 Å². The van der Waals surface area contributed by atoms with Gasteiger partial charge in [-0.1, -0.05) is 18.2 Å². The highest BCUT2D eigenvalue weighted by Crippen LogP contribution is 2.26. The minimum Gasteiger partial charge on any atom is -0.389 e. The van der Waals surface area contributed by atoms with Crippen LogP contribution in [0.2, 0.25) is 0 Å². The summed E-state index contributed by atoms with van der Waals surface area (Å²) in [5.41, 5.74) is 1.99. The van der Waals surface area contributed by atoms with Crippen molar-refractivity contribution < 1.29 is 13.5 Å². The first-order valence-electron chi connectivity index (χ1n) is 6.36. The van der Waals surface area contributed by atoms with E-state index in [0.29, 0.717) is 15.7 Å². The molecule has 0 aliphatic carbocycles. The van der Waals surface area contributed by atoms with Crippen LogP contribution in [0.1, 0.15) is 24.2 Å². The maximum Gasteiger partial charge on any atom is 0.261 e. The number of halogens is 1. The second-order valence-electron chi connectivity index (χ2n) is 4.84. The van der Waals surface area contributed by atoms with Crippen molar-refractivity contribution >= 4 is 31.6 Å². The van der Waals surface area contributed by atoms with Crippen LogP contribution in [-0.4, -0.2) is 13.5 Å². The van der Waals surface area contributed by atoms with E-state index in [-0.39, 0.29) is 4.90 Å². The van der Waals surface area contributed by atoms with Gasteiger partial charge in [-0.15, -0.1) is 0 Å². The third-order valence-electron chi connectivity index (χ3n) is 3.02. The highest BCUT2D eigenvalue weighted by atomic mass is 79.9. The van der Waals surface area contributed by atoms with E-state index in [1.807, 2.05) is 13.0 Å². The number of aliphatic hydroxyl groups excluding tert-OH is 1. The molecule has 0 saturated heterocycles. The average Bonchev–Trinajstić information content (AvgIpc) is 2.43. The normalized spacial score (nSPS) is 13.0. The van der Waals surface area contributed by atoms with Crippen LogP contribution in [0.15, 0.2) is 51.8 Å². The standard InChI is InChI=1S/C15H16BrNO3S/c1-10-6-7-14(16)15(8-10)17-21(19,20)13-5-3-4-12(9-13)11(2)18/h3-9,11,17-18H,1-2H3. The Hall–Kier alpha value is -1.37. The Bertz CT molecular complexity index is 757. The summed E-state index contributed by atoms with van der Waals surface area (Å²) < 4.78 is 28.1. The number of aliphatic hydroxyl groups is 1. The Balaban J connectivity index is 2.38.